The summed E-state index contributed by atoms with van der Waals surface area (Å²) < 4.78 is 12.3. The molecule has 11 aromatic carbocycles. The molecule has 0 fully saturated rings. The molecule has 0 saturated heterocycles. The molecule has 4 N–H and O–H groups in total. The molecule has 2 aliphatic heterocycles. The zero-order valence-corrected chi connectivity index (χ0v) is 46.5. The van der Waals surface area contributed by atoms with E-state index >= 15 is 0 Å². The van der Waals surface area contributed by atoms with Gasteiger partial charge in [-0.2, -0.15) is 10.5 Å². The maximum Gasteiger partial charge on any atom is 0.307 e. The monoisotopic (exact) mass is 1150 g/mol. The lowest BCUT2D eigenvalue weighted by Crippen LogP contribution is -2.21. The fraction of sp³-hybridized carbons (Fsp3) is 0. The normalized spacial score (nSPS) is 12.2. The zero-order valence-electron chi connectivity index (χ0n) is 45.7. The van der Waals surface area contributed by atoms with Crippen molar-refractivity contribution in [2.45, 2.75) is 0 Å². The number of halogens is 1. The lowest BCUT2D eigenvalue weighted by atomic mass is 9.82. The van der Waals surface area contributed by atoms with E-state index in [9.17, 15) is 14.9 Å². The van der Waals surface area contributed by atoms with Gasteiger partial charge in [-0.15, -0.1) is 17.4 Å². The number of hydrogen-bond acceptors (Lipinski definition) is 12. The number of benzene rings is 11. The molecule has 1 aromatic heterocycles. The number of fused-ring (bicyclic) bond motifs is 13. The first-order valence-corrected chi connectivity index (χ1v) is 27.0. The predicted molar refractivity (Wildman–Crippen MR) is 343 cm³/mol. The molecule has 414 valence electrons. The fourth-order valence-corrected chi connectivity index (χ4v) is 11.0. The van der Waals surface area contributed by atoms with Crippen molar-refractivity contribution in [1.82, 2.24) is 9.97 Å². The van der Waals surface area contributed by atoms with E-state index in [0.29, 0.717) is 22.2 Å². The number of anilines is 6. The Kier molecular flexibility index (Phi) is 14.5. The SMILES string of the molecule is Cl.O=C1C(=O)c2ccc(-c3ccc(N4c5ccccc5Oc5ccccc54)cc3)cc2-c2ccccc21.[2HH].[C-]#[N+]/C(N)=C(/N)C#N.[C-]#[N+]c1nc2c3ccccc3c3cc(-c4ccc(N5c6ccccc6Oc6ccccc65)cc4)ccc3c2nc1C#N. The summed E-state index contributed by atoms with van der Waals surface area (Å²) >= 11 is 0. The Morgan fingerprint density at radius 3 is 1.36 bits per heavy atom. The Labute approximate surface area is 506 Å². The summed E-state index contributed by atoms with van der Waals surface area (Å²) in [5.41, 5.74) is 23.6. The number of rotatable bonds is 4. The van der Waals surface area contributed by atoms with Crippen LogP contribution < -0.4 is 30.7 Å². The molecule has 0 atom stereocenters. The molecule has 3 aliphatic rings. The van der Waals surface area contributed by atoms with Crippen molar-refractivity contribution in [2.75, 3.05) is 9.80 Å². The Hall–Kier alpha value is -12.6. The van der Waals surface area contributed by atoms with Gasteiger partial charge in [-0.05, 0) is 141 Å². The predicted octanol–water partition coefficient (Wildman–Crippen LogP) is 17.8. The van der Waals surface area contributed by atoms with E-state index in [1.165, 1.54) is 6.07 Å². The van der Waals surface area contributed by atoms with E-state index in [4.69, 9.17) is 39.3 Å². The number of nitrogens with zero attached hydrogens (tertiary/aromatic N) is 8. The van der Waals surface area contributed by atoms with Gasteiger partial charge < -0.3 is 40.4 Å². The lowest BCUT2D eigenvalue weighted by Gasteiger charge is -2.32. The molecule has 87 heavy (non-hydrogen) atoms. The van der Waals surface area contributed by atoms with Crippen molar-refractivity contribution in [3.8, 4) is 68.5 Å². The third kappa shape index (κ3) is 9.80. The number of nitrogens with two attached hydrogens (primary N) is 2. The van der Waals surface area contributed by atoms with E-state index in [0.717, 1.165) is 112 Å². The van der Waals surface area contributed by atoms with Gasteiger partial charge in [-0.3, -0.25) is 9.59 Å². The van der Waals surface area contributed by atoms with Crippen LogP contribution in [0, 0.1) is 35.8 Å². The summed E-state index contributed by atoms with van der Waals surface area (Å²) in [5, 5.41) is 21.4. The summed E-state index contributed by atoms with van der Waals surface area (Å²) in [7, 11) is 0. The molecule has 0 saturated carbocycles. The van der Waals surface area contributed by atoms with Gasteiger partial charge >= 0.3 is 5.82 Å². The van der Waals surface area contributed by atoms with Crippen LogP contribution in [-0.2, 0) is 0 Å². The maximum absolute atomic E-state index is 12.7. The van der Waals surface area contributed by atoms with Crippen LogP contribution in [0.25, 0.3) is 75.6 Å². The van der Waals surface area contributed by atoms with E-state index in [1.54, 1.807) is 18.2 Å². The van der Waals surface area contributed by atoms with E-state index in [-0.39, 0.29) is 36.9 Å². The third-order valence-electron chi connectivity index (χ3n) is 15.1. The maximum atomic E-state index is 12.7. The molecule has 1 aliphatic carbocycles. The van der Waals surface area contributed by atoms with Crippen LogP contribution in [0.15, 0.2) is 242 Å². The van der Waals surface area contributed by atoms with Crippen molar-refractivity contribution in [1.29, 1.82) is 10.5 Å². The van der Waals surface area contributed by atoms with E-state index < -0.39 is 11.6 Å². The molecule has 15 rings (SSSR count). The molecular weight excluding hydrogens is 1100 g/mol. The second-order valence-electron chi connectivity index (χ2n) is 19.9. The highest BCUT2D eigenvalue weighted by molar-refractivity contribution is 6.53. The smallest absolute Gasteiger partial charge is 0.307 e. The summed E-state index contributed by atoms with van der Waals surface area (Å²) in [4.78, 5) is 44.9. The van der Waals surface area contributed by atoms with Gasteiger partial charge in [-0.1, -0.05) is 147 Å². The van der Waals surface area contributed by atoms with Crippen molar-refractivity contribution in [3.63, 3.8) is 0 Å². The third-order valence-corrected chi connectivity index (χ3v) is 15.1. The quantitative estimate of drug-likeness (QED) is 0.0734. The average Bonchev–Trinajstić information content (AvgIpc) is 0.866. The molecule has 3 heterocycles. The van der Waals surface area contributed by atoms with Gasteiger partial charge in [0.2, 0.25) is 11.6 Å². The molecule has 0 unspecified atom stereocenters. The molecule has 14 nitrogen and oxygen atoms in total. The average molecular weight is 1150 g/mol. The molecular formula is C72H45ClN10O4. The van der Waals surface area contributed by atoms with Gasteiger partial charge in [-0.25, -0.2) is 4.98 Å². The van der Waals surface area contributed by atoms with Crippen LogP contribution >= 0.6 is 12.4 Å². The number of ketones is 2. The van der Waals surface area contributed by atoms with Crippen molar-refractivity contribution < 1.29 is 20.5 Å². The van der Waals surface area contributed by atoms with Crippen molar-refractivity contribution in [3.05, 3.63) is 282 Å². The number of carbonyl (C=O) groups excluding carboxylic acids is 2. The van der Waals surface area contributed by atoms with Gasteiger partial charge in [0.05, 0.1) is 22.7 Å². The number of nitriles is 2. The molecule has 0 amide bonds. The molecule has 0 spiro atoms. The number of para-hydroxylation sites is 8. The Bertz CT molecular complexity index is 4930. The van der Waals surface area contributed by atoms with Crippen LogP contribution in [0.4, 0.5) is 39.9 Å². The van der Waals surface area contributed by atoms with Crippen LogP contribution in [0.3, 0.4) is 0 Å². The molecule has 0 bridgehead atoms. The first-order valence-electron chi connectivity index (χ1n) is 27.0. The number of Topliss-reactive ketones (excluding diaryl/α,β-unsaturated/α-hetero) is 2. The number of hydrogen-bond donors (Lipinski definition) is 2. The first-order chi connectivity index (χ1) is 42.1. The second-order valence-corrected chi connectivity index (χ2v) is 19.9. The second kappa shape index (κ2) is 23.0. The highest BCUT2D eigenvalue weighted by Gasteiger charge is 2.31. The number of ether oxygens (including phenoxy) is 2. The Morgan fingerprint density at radius 1 is 0.460 bits per heavy atom. The molecule has 12 aromatic rings. The van der Waals surface area contributed by atoms with Crippen molar-refractivity contribution >= 4 is 96.5 Å². The van der Waals surface area contributed by atoms with Crippen LogP contribution in [0.5, 0.6) is 23.0 Å². The minimum Gasteiger partial charge on any atom is -0.453 e. The Balaban J connectivity index is 0.000000160. The van der Waals surface area contributed by atoms with Gasteiger partial charge in [0.15, 0.2) is 34.2 Å². The lowest BCUT2D eigenvalue weighted by molar-refractivity contribution is 0.0815. The fourth-order valence-electron chi connectivity index (χ4n) is 11.0. The van der Waals surface area contributed by atoms with Crippen molar-refractivity contribution in [2.24, 2.45) is 11.5 Å². The zero-order chi connectivity index (χ0) is 59.0. The highest BCUT2D eigenvalue weighted by atomic mass is 35.5. The van der Waals surface area contributed by atoms with E-state index in [1.807, 2.05) is 127 Å². The standard InChI is InChI=1S/C36H19N5O.C32H19NO3.C4H4N4.ClH.H2/c1-38-36-29(21-37)39-34-27-19-16-23(20-28(27)25-8-2-3-9-26(25)35(34)40-36)22-14-17-24(18-15-22)41-30-10-4-6-12-32(30)42-33-13-7-5-11-31(33)41;34-31-24-8-2-1-7-23(24)26-19-21(15-18-25(26)32(31)35)20-13-16-22(17-14-20)33-27-9-3-5-11-29(27)36-30-12-6-4-10-28(30)33;1-8-4(7)3(6)2-5;;/h2-20H;1-19H;6-7H2;2*1H/b;;4-3+;;/i;;;;1+1. The highest BCUT2D eigenvalue weighted by Crippen LogP contribution is 2.52. The Morgan fingerprint density at radius 2 is 0.874 bits per heavy atom. The van der Waals surface area contributed by atoms with Crippen LogP contribution in [0.1, 0.15) is 27.8 Å². The van der Waals surface area contributed by atoms with Gasteiger partial charge in [0.25, 0.3) is 5.82 Å². The summed E-state index contributed by atoms with van der Waals surface area (Å²) in [6, 6.07) is 79.9. The number of carbonyl (C=O) groups is 2. The van der Waals surface area contributed by atoms with Gasteiger partial charge in [0.1, 0.15) is 23.4 Å². The topological polar surface area (TPSA) is 193 Å². The number of aromatic nitrogens is 2. The van der Waals surface area contributed by atoms with Crippen LogP contribution in [-0.4, -0.2) is 21.5 Å². The minimum atomic E-state index is -0.449. The van der Waals surface area contributed by atoms with Gasteiger partial charge in [0, 0.05) is 34.7 Å². The van der Waals surface area contributed by atoms with E-state index in [2.05, 4.69) is 120 Å². The molecule has 15 heteroatoms. The summed E-state index contributed by atoms with van der Waals surface area (Å²) in [5.74, 6) is 2.15. The largest absolute Gasteiger partial charge is 0.453 e. The minimum absolute atomic E-state index is 0. The van der Waals surface area contributed by atoms with Crippen LogP contribution in [0.2, 0.25) is 0 Å². The first kappa shape index (κ1) is 55.0. The number of allylic oxidation sites excluding steroid dienone is 1. The molecule has 0 radical (unpaired) electrons. The summed E-state index contributed by atoms with van der Waals surface area (Å²) in [6.07, 6.45) is 0. The summed E-state index contributed by atoms with van der Waals surface area (Å²) in [6.45, 7) is 13.7.